The lowest BCUT2D eigenvalue weighted by Crippen LogP contribution is -2.47. The molecule has 0 unspecified atom stereocenters. The van der Waals surface area contributed by atoms with Crippen LogP contribution in [0.4, 0.5) is 0 Å². The molecule has 0 radical (unpaired) electrons. The summed E-state index contributed by atoms with van der Waals surface area (Å²) >= 11 is 0. The zero-order valence-electron chi connectivity index (χ0n) is 16.0. The lowest BCUT2D eigenvalue weighted by Gasteiger charge is -2.21. The van der Waals surface area contributed by atoms with Crippen molar-refractivity contribution in [2.24, 2.45) is 0 Å². The number of aryl methyl sites for hydroxylation is 1. The van der Waals surface area contributed by atoms with Gasteiger partial charge in [0.15, 0.2) is 11.5 Å². The van der Waals surface area contributed by atoms with Crippen molar-refractivity contribution in [1.29, 1.82) is 0 Å². The van der Waals surface area contributed by atoms with Crippen molar-refractivity contribution in [2.45, 2.75) is 26.4 Å². The molecule has 150 valence electrons. The minimum Gasteiger partial charge on any atom is -0.454 e. The van der Waals surface area contributed by atoms with E-state index in [9.17, 15) is 14.4 Å². The third-order valence-electron chi connectivity index (χ3n) is 4.69. The number of amides is 2. The molecule has 0 bridgehead atoms. The van der Waals surface area contributed by atoms with Crippen LogP contribution in [-0.2, 0) is 11.3 Å². The van der Waals surface area contributed by atoms with Gasteiger partial charge in [-0.15, -0.1) is 0 Å². The molecule has 2 aromatic rings. The van der Waals surface area contributed by atoms with Crippen LogP contribution < -0.4 is 20.2 Å². The number of nitrogens with one attached hydrogen (secondary N) is 1. The molecule has 2 heterocycles. The molecule has 3 rings (SSSR count). The van der Waals surface area contributed by atoms with E-state index < -0.39 is 17.4 Å². The smallest absolute Gasteiger partial charge is 0.257 e. The van der Waals surface area contributed by atoms with Crippen molar-refractivity contribution >= 4 is 22.7 Å². The van der Waals surface area contributed by atoms with Crippen molar-refractivity contribution < 1.29 is 24.2 Å². The second-order valence-electron chi connectivity index (χ2n) is 6.56. The Bertz CT molecular complexity index is 984. The van der Waals surface area contributed by atoms with E-state index in [1.807, 2.05) is 6.92 Å². The molecule has 2 amide bonds. The number of hydrogen-bond donors (Lipinski definition) is 2. The molecule has 0 saturated carbocycles. The van der Waals surface area contributed by atoms with Crippen molar-refractivity contribution in [3.05, 3.63) is 34.1 Å². The number of benzene rings is 1. The lowest BCUT2D eigenvalue weighted by atomic mass is 10.1. The van der Waals surface area contributed by atoms with E-state index in [2.05, 4.69) is 5.32 Å². The Morgan fingerprint density at radius 3 is 2.64 bits per heavy atom. The quantitative estimate of drug-likeness (QED) is 0.736. The number of likely N-dealkylation sites (N-methyl/N-ethyl adjacent to an activating group) is 1. The molecule has 0 spiro atoms. The molecule has 1 aliphatic heterocycles. The van der Waals surface area contributed by atoms with Gasteiger partial charge in [0.05, 0.1) is 17.5 Å². The summed E-state index contributed by atoms with van der Waals surface area (Å²) in [5, 5.41) is 11.9. The number of carbonyl (C=O) groups excluding carboxylic acids is 2. The molecule has 2 N–H and O–H groups in total. The van der Waals surface area contributed by atoms with Crippen LogP contribution in [0.15, 0.2) is 23.1 Å². The van der Waals surface area contributed by atoms with Crippen molar-refractivity contribution in [3.63, 3.8) is 0 Å². The van der Waals surface area contributed by atoms with E-state index >= 15 is 0 Å². The van der Waals surface area contributed by atoms with Crippen LogP contribution in [0, 0.1) is 0 Å². The summed E-state index contributed by atoms with van der Waals surface area (Å²) in [7, 11) is 1.53. The fourth-order valence-electron chi connectivity index (χ4n) is 3.13. The maximum Gasteiger partial charge on any atom is 0.257 e. The highest BCUT2D eigenvalue weighted by Crippen LogP contribution is 2.35. The minimum atomic E-state index is -0.842. The summed E-state index contributed by atoms with van der Waals surface area (Å²) in [6, 6.07) is 2.46. The first-order valence-corrected chi connectivity index (χ1v) is 9.00. The number of fused-ring (bicyclic) bond motifs is 2. The highest BCUT2D eigenvalue weighted by molar-refractivity contribution is 6.00. The zero-order valence-corrected chi connectivity index (χ0v) is 16.0. The molecule has 9 heteroatoms. The summed E-state index contributed by atoms with van der Waals surface area (Å²) in [6.07, 6.45) is 1.48. The van der Waals surface area contributed by atoms with Crippen LogP contribution >= 0.6 is 0 Å². The van der Waals surface area contributed by atoms with Gasteiger partial charge in [-0.05, 0) is 19.9 Å². The van der Waals surface area contributed by atoms with Crippen molar-refractivity contribution in [3.8, 4) is 11.5 Å². The molecule has 1 aromatic carbocycles. The monoisotopic (exact) mass is 389 g/mol. The van der Waals surface area contributed by atoms with Gasteiger partial charge < -0.3 is 29.4 Å². The largest absolute Gasteiger partial charge is 0.454 e. The summed E-state index contributed by atoms with van der Waals surface area (Å²) in [5.41, 5.74) is 0.136. The molecule has 9 nitrogen and oxygen atoms in total. The van der Waals surface area contributed by atoms with Gasteiger partial charge in [-0.2, -0.15) is 0 Å². The Morgan fingerprint density at radius 2 is 2.00 bits per heavy atom. The number of aromatic nitrogens is 1. The van der Waals surface area contributed by atoms with Gasteiger partial charge in [0.25, 0.3) is 5.91 Å². The molecule has 1 atom stereocenters. The van der Waals surface area contributed by atoms with Crippen LogP contribution in [0.2, 0.25) is 0 Å². The summed E-state index contributed by atoms with van der Waals surface area (Å²) in [4.78, 5) is 39.2. The Morgan fingerprint density at radius 1 is 1.32 bits per heavy atom. The van der Waals surface area contributed by atoms with Crippen LogP contribution in [-0.4, -0.2) is 59.4 Å². The van der Waals surface area contributed by atoms with Gasteiger partial charge in [0.2, 0.25) is 18.1 Å². The summed E-state index contributed by atoms with van der Waals surface area (Å²) < 4.78 is 12.5. The molecule has 28 heavy (non-hydrogen) atoms. The number of rotatable bonds is 6. The number of hydrogen-bond acceptors (Lipinski definition) is 6. The standard InChI is InChI=1S/C19H23N3O6/c1-4-22-9-13(18(25)20-11(2)19(26)21(3)5-6-23)17(24)12-7-15-16(8-14(12)22)28-10-27-15/h7-9,11,23H,4-6,10H2,1-3H3,(H,20,25)/t11-/m1/s1. The van der Waals surface area contributed by atoms with E-state index in [0.717, 1.165) is 0 Å². The average molecular weight is 389 g/mol. The Labute approximate surface area is 161 Å². The van der Waals surface area contributed by atoms with E-state index in [-0.39, 0.29) is 31.4 Å². The summed E-state index contributed by atoms with van der Waals surface area (Å²) in [5.74, 6) is 0.0174. The highest BCUT2D eigenvalue weighted by Gasteiger charge is 2.24. The predicted molar refractivity (Wildman–Crippen MR) is 102 cm³/mol. The number of pyridine rings is 1. The Kier molecular flexibility index (Phi) is 5.55. The minimum absolute atomic E-state index is 0.0577. The number of nitrogens with zero attached hydrogens (tertiary/aromatic N) is 2. The first kappa shape index (κ1) is 19.7. The third-order valence-corrected chi connectivity index (χ3v) is 4.69. The Hall–Kier alpha value is -3.07. The van der Waals surface area contributed by atoms with E-state index in [0.29, 0.717) is 28.9 Å². The van der Waals surface area contributed by atoms with Crippen LogP contribution in [0.25, 0.3) is 10.9 Å². The van der Waals surface area contributed by atoms with Crippen LogP contribution in [0.5, 0.6) is 11.5 Å². The molecule has 0 saturated heterocycles. The molecule has 0 fully saturated rings. The third kappa shape index (κ3) is 3.53. The highest BCUT2D eigenvalue weighted by atomic mass is 16.7. The zero-order chi connectivity index (χ0) is 20.4. The first-order chi connectivity index (χ1) is 13.4. The molecule has 1 aromatic heterocycles. The van der Waals surface area contributed by atoms with E-state index in [4.69, 9.17) is 14.6 Å². The van der Waals surface area contributed by atoms with E-state index in [1.54, 1.807) is 16.7 Å². The topological polar surface area (TPSA) is 110 Å². The molecule has 0 aliphatic carbocycles. The van der Waals surface area contributed by atoms with Gasteiger partial charge in [-0.1, -0.05) is 0 Å². The SMILES string of the molecule is CCn1cc(C(=O)N[C@H](C)C(=O)N(C)CCO)c(=O)c2cc3c(cc21)OCO3. The van der Waals surface area contributed by atoms with E-state index in [1.165, 1.54) is 25.1 Å². The normalized spacial score (nSPS) is 13.4. The van der Waals surface area contributed by atoms with Gasteiger partial charge in [-0.25, -0.2) is 0 Å². The van der Waals surface area contributed by atoms with Crippen molar-refractivity contribution in [1.82, 2.24) is 14.8 Å². The fraction of sp³-hybridized carbons (Fsp3) is 0.421. The average Bonchev–Trinajstić information content (AvgIpc) is 3.14. The maximum atomic E-state index is 12.9. The van der Waals surface area contributed by atoms with Gasteiger partial charge >= 0.3 is 0 Å². The second-order valence-corrected chi connectivity index (χ2v) is 6.56. The number of ether oxygens (including phenoxy) is 2. The van der Waals surface area contributed by atoms with Gasteiger partial charge in [-0.3, -0.25) is 14.4 Å². The summed E-state index contributed by atoms with van der Waals surface area (Å²) in [6.45, 7) is 4.03. The van der Waals surface area contributed by atoms with Crippen LogP contribution in [0.3, 0.4) is 0 Å². The molecule has 1 aliphatic rings. The lowest BCUT2D eigenvalue weighted by molar-refractivity contribution is -0.131. The second kappa shape index (κ2) is 7.89. The van der Waals surface area contributed by atoms with Crippen LogP contribution in [0.1, 0.15) is 24.2 Å². The van der Waals surface area contributed by atoms with Crippen molar-refractivity contribution in [2.75, 3.05) is 27.0 Å². The van der Waals surface area contributed by atoms with Gasteiger partial charge in [0.1, 0.15) is 11.6 Å². The maximum absolute atomic E-state index is 12.9. The molecular weight excluding hydrogens is 366 g/mol. The predicted octanol–water partition coefficient (Wildman–Crippen LogP) is 0.319. The number of carbonyl (C=O) groups is 2. The molecular formula is C19H23N3O6. The first-order valence-electron chi connectivity index (χ1n) is 9.00. The fourth-order valence-corrected chi connectivity index (χ4v) is 3.13. The van der Waals surface area contributed by atoms with Gasteiger partial charge in [0, 0.05) is 32.4 Å². The number of aliphatic hydroxyl groups is 1. The number of aliphatic hydroxyl groups excluding tert-OH is 1. The Balaban J connectivity index is 1.95.